The Morgan fingerprint density at radius 2 is 1.89 bits per heavy atom. The largest absolute Gasteiger partial charge is 0.343 e. The third kappa shape index (κ3) is 5.50. The van der Waals surface area contributed by atoms with Crippen LogP contribution in [0.15, 0.2) is 18.2 Å². The molecule has 0 radical (unpaired) electrons. The SMILES string of the molecule is CCN(CC)C(=O)C1CCN(CC(=O)Nc2ccc(C)cc2[N+](=O)[O-])CC1. The number of benzene rings is 1. The molecular weight excluding hydrogens is 348 g/mol. The number of amides is 2. The van der Waals surface area contributed by atoms with Gasteiger partial charge in [-0.3, -0.25) is 24.6 Å². The highest BCUT2D eigenvalue weighted by Gasteiger charge is 2.28. The van der Waals surface area contributed by atoms with Crippen LogP contribution in [-0.4, -0.2) is 59.3 Å². The molecular formula is C19H28N4O4. The quantitative estimate of drug-likeness (QED) is 0.582. The van der Waals surface area contributed by atoms with E-state index < -0.39 is 4.92 Å². The van der Waals surface area contributed by atoms with E-state index in [9.17, 15) is 19.7 Å². The molecule has 1 aromatic carbocycles. The number of nitro groups is 1. The summed E-state index contributed by atoms with van der Waals surface area (Å²) in [7, 11) is 0. The molecule has 0 unspecified atom stereocenters. The van der Waals surface area contributed by atoms with E-state index in [0.29, 0.717) is 26.2 Å². The number of rotatable bonds is 7. The van der Waals surface area contributed by atoms with Crippen molar-refractivity contribution in [3.8, 4) is 0 Å². The Labute approximate surface area is 159 Å². The van der Waals surface area contributed by atoms with Gasteiger partial charge in [-0.15, -0.1) is 0 Å². The van der Waals surface area contributed by atoms with Gasteiger partial charge in [0, 0.05) is 25.1 Å². The van der Waals surface area contributed by atoms with Gasteiger partial charge in [0.15, 0.2) is 0 Å². The number of aryl methyl sites for hydroxylation is 1. The fourth-order valence-corrected chi connectivity index (χ4v) is 3.42. The topological polar surface area (TPSA) is 95.8 Å². The molecule has 1 aliphatic rings. The number of hydrogen-bond donors (Lipinski definition) is 1. The average Bonchev–Trinajstić information content (AvgIpc) is 2.64. The van der Waals surface area contributed by atoms with Crippen molar-refractivity contribution in [1.29, 1.82) is 0 Å². The summed E-state index contributed by atoms with van der Waals surface area (Å²) >= 11 is 0. The number of nitro benzene ring substituents is 1. The number of carbonyl (C=O) groups excluding carboxylic acids is 2. The van der Waals surface area contributed by atoms with Crippen molar-refractivity contribution in [2.24, 2.45) is 5.92 Å². The Bertz CT molecular complexity index is 695. The van der Waals surface area contributed by atoms with Crippen LogP contribution in [0.3, 0.4) is 0 Å². The van der Waals surface area contributed by atoms with Crippen LogP contribution in [0.1, 0.15) is 32.3 Å². The van der Waals surface area contributed by atoms with Crippen LogP contribution >= 0.6 is 0 Å². The highest BCUT2D eigenvalue weighted by atomic mass is 16.6. The number of piperidine rings is 1. The monoisotopic (exact) mass is 376 g/mol. The molecule has 0 saturated carbocycles. The van der Waals surface area contributed by atoms with Crippen LogP contribution in [0.5, 0.6) is 0 Å². The third-order valence-corrected chi connectivity index (χ3v) is 5.00. The zero-order chi connectivity index (χ0) is 20.0. The summed E-state index contributed by atoms with van der Waals surface area (Å²) in [5.41, 5.74) is 0.869. The number of likely N-dealkylation sites (tertiary alicyclic amines) is 1. The molecule has 2 amide bonds. The van der Waals surface area contributed by atoms with Crippen LogP contribution in [0.4, 0.5) is 11.4 Å². The molecule has 2 rings (SSSR count). The van der Waals surface area contributed by atoms with Crippen LogP contribution in [0, 0.1) is 23.0 Å². The number of carbonyl (C=O) groups is 2. The van der Waals surface area contributed by atoms with Gasteiger partial charge < -0.3 is 10.2 Å². The third-order valence-electron chi connectivity index (χ3n) is 5.00. The lowest BCUT2D eigenvalue weighted by Crippen LogP contribution is -2.44. The maximum atomic E-state index is 12.4. The van der Waals surface area contributed by atoms with Gasteiger partial charge >= 0.3 is 0 Å². The number of anilines is 1. The lowest BCUT2D eigenvalue weighted by atomic mass is 9.95. The second-order valence-corrected chi connectivity index (χ2v) is 6.89. The Balaban J connectivity index is 1.88. The summed E-state index contributed by atoms with van der Waals surface area (Å²) in [5, 5.41) is 13.8. The van der Waals surface area contributed by atoms with E-state index in [1.54, 1.807) is 19.1 Å². The molecule has 8 heteroatoms. The Kier molecular flexibility index (Phi) is 7.29. The summed E-state index contributed by atoms with van der Waals surface area (Å²) in [4.78, 5) is 39.2. The first-order valence-electron chi connectivity index (χ1n) is 9.41. The molecule has 0 bridgehead atoms. The molecule has 1 heterocycles. The van der Waals surface area contributed by atoms with Gasteiger partial charge in [-0.05, 0) is 58.3 Å². The Hall–Kier alpha value is -2.48. The van der Waals surface area contributed by atoms with Gasteiger partial charge in [-0.25, -0.2) is 0 Å². The van der Waals surface area contributed by atoms with Crippen molar-refractivity contribution in [2.75, 3.05) is 38.0 Å². The molecule has 8 nitrogen and oxygen atoms in total. The highest BCUT2D eigenvalue weighted by Crippen LogP contribution is 2.25. The standard InChI is InChI=1S/C19H28N4O4/c1-4-22(5-2)19(25)15-8-10-21(11-9-15)13-18(24)20-16-7-6-14(3)12-17(16)23(26)27/h6-7,12,15H,4-5,8-11,13H2,1-3H3,(H,20,24). The van der Waals surface area contributed by atoms with E-state index in [-0.39, 0.29) is 35.7 Å². The van der Waals surface area contributed by atoms with Crippen LogP contribution in [0.25, 0.3) is 0 Å². The smallest absolute Gasteiger partial charge is 0.293 e. The van der Waals surface area contributed by atoms with Crippen molar-refractivity contribution in [3.63, 3.8) is 0 Å². The summed E-state index contributed by atoms with van der Waals surface area (Å²) in [6.45, 7) is 8.65. The molecule has 27 heavy (non-hydrogen) atoms. The molecule has 0 atom stereocenters. The van der Waals surface area contributed by atoms with Gasteiger partial charge in [0.2, 0.25) is 11.8 Å². The second-order valence-electron chi connectivity index (χ2n) is 6.89. The molecule has 0 spiro atoms. The predicted molar refractivity (Wildman–Crippen MR) is 104 cm³/mol. The second kappa shape index (κ2) is 9.45. The molecule has 0 aromatic heterocycles. The molecule has 148 valence electrons. The first kappa shape index (κ1) is 20.8. The van der Waals surface area contributed by atoms with Crippen LogP contribution in [0.2, 0.25) is 0 Å². The molecule has 1 saturated heterocycles. The summed E-state index contributed by atoms with van der Waals surface area (Å²) in [6, 6.07) is 4.73. The van der Waals surface area contributed by atoms with Gasteiger partial charge in [0.1, 0.15) is 5.69 Å². The van der Waals surface area contributed by atoms with E-state index in [0.717, 1.165) is 18.4 Å². The van der Waals surface area contributed by atoms with Gasteiger partial charge in [0.05, 0.1) is 11.5 Å². The summed E-state index contributed by atoms with van der Waals surface area (Å²) in [6.07, 6.45) is 1.46. The normalized spacial score (nSPS) is 15.4. The highest BCUT2D eigenvalue weighted by molar-refractivity contribution is 5.94. The predicted octanol–water partition coefficient (Wildman–Crippen LogP) is 2.42. The van der Waals surface area contributed by atoms with Crippen molar-refractivity contribution < 1.29 is 14.5 Å². The maximum absolute atomic E-state index is 12.4. The average molecular weight is 376 g/mol. The van der Waals surface area contributed by atoms with Crippen molar-refractivity contribution >= 4 is 23.2 Å². The van der Waals surface area contributed by atoms with E-state index in [1.807, 2.05) is 23.6 Å². The fraction of sp³-hybridized carbons (Fsp3) is 0.579. The number of nitrogens with one attached hydrogen (secondary N) is 1. The Morgan fingerprint density at radius 3 is 2.44 bits per heavy atom. The van der Waals surface area contributed by atoms with Crippen LogP contribution in [-0.2, 0) is 9.59 Å². The van der Waals surface area contributed by atoms with Crippen molar-refractivity contribution in [2.45, 2.75) is 33.6 Å². The summed E-state index contributed by atoms with van der Waals surface area (Å²) in [5.74, 6) is -0.0720. The molecule has 1 aliphatic heterocycles. The minimum atomic E-state index is -0.493. The fourth-order valence-electron chi connectivity index (χ4n) is 3.42. The van der Waals surface area contributed by atoms with E-state index in [4.69, 9.17) is 0 Å². The zero-order valence-electron chi connectivity index (χ0n) is 16.2. The van der Waals surface area contributed by atoms with E-state index in [2.05, 4.69) is 5.32 Å². The molecule has 1 N–H and O–H groups in total. The van der Waals surface area contributed by atoms with Crippen molar-refractivity contribution in [3.05, 3.63) is 33.9 Å². The van der Waals surface area contributed by atoms with Gasteiger partial charge in [0.25, 0.3) is 5.69 Å². The maximum Gasteiger partial charge on any atom is 0.293 e. The zero-order valence-corrected chi connectivity index (χ0v) is 16.2. The van der Waals surface area contributed by atoms with Crippen molar-refractivity contribution in [1.82, 2.24) is 9.80 Å². The van der Waals surface area contributed by atoms with Gasteiger partial charge in [-0.2, -0.15) is 0 Å². The first-order chi connectivity index (χ1) is 12.8. The summed E-state index contributed by atoms with van der Waals surface area (Å²) < 4.78 is 0. The van der Waals surface area contributed by atoms with E-state index in [1.165, 1.54) is 6.07 Å². The minimum Gasteiger partial charge on any atom is -0.343 e. The number of nitrogens with zero attached hydrogens (tertiary/aromatic N) is 3. The lowest BCUT2D eigenvalue weighted by Gasteiger charge is -2.33. The minimum absolute atomic E-state index is 0.0161. The molecule has 1 fully saturated rings. The lowest BCUT2D eigenvalue weighted by molar-refractivity contribution is -0.384. The molecule has 1 aromatic rings. The number of hydrogen-bond acceptors (Lipinski definition) is 5. The first-order valence-corrected chi connectivity index (χ1v) is 9.41. The Morgan fingerprint density at radius 1 is 1.26 bits per heavy atom. The van der Waals surface area contributed by atoms with Gasteiger partial charge in [-0.1, -0.05) is 6.07 Å². The molecule has 0 aliphatic carbocycles. The van der Waals surface area contributed by atoms with E-state index >= 15 is 0 Å². The van der Waals surface area contributed by atoms with Crippen LogP contribution < -0.4 is 5.32 Å².